The predicted molar refractivity (Wildman–Crippen MR) is 134 cm³/mol. The van der Waals surface area contributed by atoms with Gasteiger partial charge >= 0.3 is 19.4 Å². The monoisotopic (exact) mass is 527 g/mol. The normalized spacial score (nSPS) is 20.2. The molecule has 0 saturated heterocycles. The Morgan fingerprint density at radius 1 is 1.14 bits per heavy atom. The van der Waals surface area contributed by atoms with Crippen LogP contribution in [0.25, 0.3) is 0 Å². The fourth-order valence-corrected chi connectivity index (χ4v) is 5.35. The third-order valence-corrected chi connectivity index (χ3v) is 7.40. The van der Waals surface area contributed by atoms with Crippen molar-refractivity contribution in [3.05, 3.63) is 111 Å². The summed E-state index contributed by atoms with van der Waals surface area (Å²) in [5.74, 6) is -1.08. The molecule has 11 nitrogen and oxygen atoms in total. The van der Waals surface area contributed by atoms with Gasteiger partial charge in [-0.05, 0) is 37.6 Å². The molecule has 1 aliphatic rings. The molecule has 2 aromatic carbocycles. The minimum atomic E-state index is -4.31. The van der Waals surface area contributed by atoms with E-state index in [0.717, 1.165) is 0 Å². The molecule has 4 atom stereocenters. The van der Waals surface area contributed by atoms with E-state index in [0.29, 0.717) is 11.1 Å². The zero-order valence-electron chi connectivity index (χ0n) is 20.1. The molecule has 3 N–H and O–H groups in total. The van der Waals surface area contributed by atoms with Gasteiger partial charge in [-0.15, -0.1) is 0 Å². The highest BCUT2D eigenvalue weighted by Gasteiger charge is 2.44. The summed E-state index contributed by atoms with van der Waals surface area (Å²) in [7, 11) is -4.31. The number of aliphatic carboxylic acids is 1. The van der Waals surface area contributed by atoms with Crippen LogP contribution >= 0.6 is 7.75 Å². The lowest BCUT2D eigenvalue weighted by molar-refractivity contribution is -0.144. The summed E-state index contributed by atoms with van der Waals surface area (Å²) in [5, 5.41) is 12.6. The summed E-state index contributed by atoms with van der Waals surface area (Å²) in [6.45, 7) is 2.64. The number of aromatic amines is 1. The second kappa shape index (κ2) is 10.7. The summed E-state index contributed by atoms with van der Waals surface area (Å²) >= 11 is 0. The molecular formula is C25H26N3O8P. The Morgan fingerprint density at radius 2 is 1.78 bits per heavy atom. The Labute approximate surface area is 211 Å². The number of nitrogens with zero attached hydrogens (tertiary/aromatic N) is 1. The lowest BCUT2D eigenvalue weighted by Gasteiger charge is -2.31. The van der Waals surface area contributed by atoms with E-state index in [1.165, 1.54) is 17.7 Å². The van der Waals surface area contributed by atoms with Crippen LogP contribution in [0, 0.1) is 6.92 Å². The van der Waals surface area contributed by atoms with Crippen LogP contribution in [0.1, 0.15) is 24.3 Å². The van der Waals surface area contributed by atoms with Gasteiger partial charge in [0.15, 0.2) is 6.23 Å². The van der Waals surface area contributed by atoms with Crippen LogP contribution in [0.5, 0.6) is 5.75 Å². The van der Waals surface area contributed by atoms with Gasteiger partial charge in [-0.3, -0.25) is 18.9 Å². The Balaban J connectivity index is 1.55. The molecule has 0 aliphatic carbocycles. The van der Waals surface area contributed by atoms with Crippen molar-refractivity contribution in [2.24, 2.45) is 0 Å². The van der Waals surface area contributed by atoms with Gasteiger partial charge in [-0.2, -0.15) is 5.09 Å². The number of nitrogens with one attached hydrogen (secondary N) is 2. The minimum Gasteiger partial charge on any atom is -0.480 e. The summed E-state index contributed by atoms with van der Waals surface area (Å²) in [6, 6.07) is 16.5. The van der Waals surface area contributed by atoms with Gasteiger partial charge < -0.3 is 14.4 Å². The van der Waals surface area contributed by atoms with Crippen LogP contribution in [0.15, 0.2) is 88.6 Å². The molecule has 0 radical (unpaired) electrons. The van der Waals surface area contributed by atoms with E-state index >= 15 is 0 Å². The average molecular weight is 527 g/mol. The van der Waals surface area contributed by atoms with Crippen molar-refractivity contribution in [1.82, 2.24) is 14.6 Å². The number of benzene rings is 2. The third-order valence-electron chi connectivity index (χ3n) is 5.74. The Morgan fingerprint density at radius 3 is 2.43 bits per heavy atom. The first-order chi connectivity index (χ1) is 17.6. The Bertz CT molecular complexity index is 1450. The highest BCUT2D eigenvalue weighted by atomic mass is 31.2. The summed E-state index contributed by atoms with van der Waals surface area (Å²) in [4.78, 5) is 38.4. The number of rotatable bonds is 10. The Hall–Kier alpha value is -3.76. The molecule has 0 fully saturated rings. The molecule has 1 aliphatic heterocycles. The van der Waals surface area contributed by atoms with Crippen molar-refractivity contribution >= 4 is 13.7 Å². The van der Waals surface area contributed by atoms with Gasteiger partial charge in [0.1, 0.15) is 17.4 Å². The zero-order chi connectivity index (χ0) is 26.6. The van der Waals surface area contributed by atoms with Crippen molar-refractivity contribution in [2.45, 2.75) is 31.7 Å². The van der Waals surface area contributed by atoms with Crippen molar-refractivity contribution in [2.75, 3.05) is 6.61 Å². The maximum absolute atomic E-state index is 13.9. The molecule has 1 unspecified atom stereocenters. The number of aromatic nitrogens is 2. The van der Waals surface area contributed by atoms with E-state index in [2.05, 4.69) is 10.1 Å². The molecular weight excluding hydrogens is 501 g/mol. The molecule has 0 bridgehead atoms. The molecule has 3 aromatic rings. The van der Waals surface area contributed by atoms with Gasteiger partial charge in [0, 0.05) is 11.8 Å². The first kappa shape index (κ1) is 26.3. The SMILES string of the molecule is Cc1cn([C@H]2C=C[C@@H](COP(=O)(N[C@](C)(C(=O)O)c3ccccc3)Oc3ccccc3)O2)c(=O)[nH]c1=O. The lowest BCUT2D eigenvalue weighted by Crippen LogP contribution is -2.46. The van der Waals surface area contributed by atoms with Crippen LogP contribution in [-0.4, -0.2) is 33.3 Å². The maximum Gasteiger partial charge on any atom is 0.460 e. The fraction of sp³-hybridized carbons (Fsp3) is 0.240. The average Bonchev–Trinajstić information content (AvgIpc) is 3.35. The number of aryl methyl sites for hydroxylation is 1. The molecule has 194 valence electrons. The highest BCUT2D eigenvalue weighted by Crippen LogP contribution is 2.48. The number of hydrogen-bond acceptors (Lipinski definition) is 7. The van der Waals surface area contributed by atoms with Crippen molar-refractivity contribution in [1.29, 1.82) is 0 Å². The number of carboxylic acids is 1. The number of H-pyrrole nitrogens is 1. The van der Waals surface area contributed by atoms with Crippen molar-refractivity contribution in [3.8, 4) is 5.75 Å². The summed E-state index contributed by atoms with van der Waals surface area (Å²) < 4.78 is 32.3. The van der Waals surface area contributed by atoms with E-state index in [-0.39, 0.29) is 12.4 Å². The minimum absolute atomic E-state index is 0.204. The van der Waals surface area contributed by atoms with Crippen LogP contribution in [0.2, 0.25) is 0 Å². The van der Waals surface area contributed by atoms with E-state index in [9.17, 15) is 24.1 Å². The molecule has 1 aromatic heterocycles. The smallest absolute Gasteiger partial charge is 0.460 e. The molecule has 4 rings (SSSR count). The molecule has 12 heteroatoms. The van der Waals surface area contributed by atoms with Gasteiger partial charge in [0.25, 0.3) is 5.56 Å². The summed E-state index contributed by atoms with van der Waals surface area (Å²) in [6.07, 6.45) is 3.01. The topological polar surface area (TPSA) is 149 Å². The first-order valence-corrected chi connectivity index (χ1v) is 12.9. The van der Waals surface area contributed by atoms with Crippen LogP contribution < -0.4 is 20.9 Å². The van der Waals surface area contributed by atoms with Gasteiger partial charge in [-0.1, -0.05) is 54.6 Å². The van der Waals surface area contributed by atoms with E-state index in [1.54, 1.807) is 79.7 Å². The highest BCUT2D eigenvalue weighted by molar-refractivity contribution is 7.52. The van der Waals surface area contributed by atoms with Gasteiger partial charge in [0.05, 0.1) is 6.61 Å². The standard InChI is InChI=1S/C25H26N3O8P/c1-17-15-28(24(32)26-22(17)29)21-14-13-20(35-21)16-34-37(33,36-19-11-7-4-8-12-19)27-25(2,23(30)31)18-9-5-3-6-10-18/h3-15,20-21H,16H2,1-2H3,(H,27,33)(H,30,31)(H,26,29,32)/t20-,21+,25-,37?/m0/s1. The van der Waals surface area contributed by atoms with Crippen molar-refractivity contribution in [3.63, 3.8) is 0 Å². The van der Waals surface area contributed by atoms with E-state index in [4.69, 9.17) is 13.8 Å². The van der Waals surface area contributed by atoms with Crippen LogP contribution in [0.4, 0.5) is 0 Å². The quantitative estimate of drug-likeness (QED) is 0.267. The summed E-state index contributed by atoms with van der Waals surface area (Å²) in [5.41, 5.74) is -2.29. The molecule has 0 spiro atoms. The number of carbonyl (C=O) groups is 1. The van der Waals surface area contributed by atoms with Gasteiger partial charge in [0.2, 0.25) is 0 Å². The van der Waals surface area contributed by atoms with Crippen LogP contribution in [-0.2, 0) is 24.2 Å². The number of carboxylic acid groups (broad SMARTS) is 1. The largest absolute Gasteiger partial charge is 0.480 e. The number of ether oxygens (including phenoxy) is 1. The van der Waals surface area contributed by atoms with Crippen molar-refractivity contribution < 1.29 is 28.3 Å². The van der Waals surface area contributed by atoms with E-state index in [1.807, 2.05) is 0 Å². The first-order valence-electron chi connectivity index (χ1n) is 11.3. The van der Waals surface area contributed by atoms with E-state index < -0.39 is 42.8 Å². The molecule has 37 heavy (non-hydrogen) atoms. The third kappa shape index (κ3) is 5.98. The number of hydrogen-bond donors (Lipinski definition) is 3. The second-order valence-corrected chi connectivity index (χ2v) is 10.2. The number of para-hydroxylation sites is 1. The van der Waals surface area contributed by atoms with Crippen LogP contribution in [0.3, 0.4) is 0 Å². The molecule has 0 amide bonds. The molecule has 0 saturated carbocycles. The second-order valence-electron chi connectivity index (χ2n) is 8.53. The predicted octanol–water partition coefficient (Wildman–Crippen LogP) is 3.09. The lowest BCUT2D eigenvalue weighted by atomic mass is 9.94. The zero-order valence-corrected chi connectivity index (χ0v) is 21.0. The maximum atomic E-state index is 13.9. The fourth-order valence-electron chi connectivity index (χ4n) is 3.67. The Kier molecular flexibility index (Phi) is 7.60. The molecule has 2 heterocycles. The van der Waals surface area contributed by atoms with Gasteiger partial charge in [-0.25, -0.2) is 14.2 Å².